The number of carbonyl (C=O) groups is 6. The molecule has 6 unspecified atom stereocenters. The average Bonchev–Trinajstić information content (AvgIpc) is 1.69. The quantitative estimate of drug-likeness (QED) is 0.0409. The van der Waals surface area contributed by atoms with Crippen LogP contribution in [0.1, 0.15) is 97.1 Å². The maximum absolute atomic E-state index is 12.6. The summed E-state index contributed by atoms with van der Waals surface area (Å²) >= 11 is 20.1. The average molecular weight is 1620 g/mol. The number of fused-ring (bicyclic) bond motifs is 3. The van der Waals surface area contributed by atoms with E-state index in [0.717, 1.165) is 52.1 Å². The molecule has 9 heterocycles. The number of carbonyl (C=O) groups excluding carboxylic acids is 6. The third-order valence-electron chi connectivity index (χ3n) is 16.0. The Balaban J connectivity index is 0.000000149. The molecule has 90 heavy (non-hydrogen) atoms. The van der Waals surface area contributed by atoms with Crippen LogP contribution in [0.4, 0.5) is 17.8 Å². The van der Waals surface area contributed by atoms with Crippen LogP contribution < -0.4 is 49.1 Å². The molecule has 9 aromatic rings. The Morgan fingerprint density at radius 3 is 0.933 bits per heavy atom. The fourth-order valence-corrected chi connectivity index (χ4v) is 13.3. The third-order valence-corrected chi connectivity index (χ3v) is 20.5. The topological polar surface area (TPSA) is 433 Å². The van der Waals surface area contributed by atoms with Crippen molar-refractivity contribution in [1.29, 1.82) is 0 Å². The molecule has 21 N–H and O–H groups in total. The SMILES string of the molecule is Nc1nc2c([nH]1)CC(CNC(=O)c1cc(Br)c(Br)[nH]1)C(CNC(=O)c1cc(Br)c(Br)[nH]1)C2.Nc1nc2c([nH]1)CC(CNC(=O)c1cc(Br)c[nH]1)C(CNC(=O)c1cc(Br)c[nH]1)C2.Nc1nc2c([nH]1)CC(CNC(=O)c1ccc[nH]1)C(CNC(=O)c1ccc[nH]1)C2. The van der Waals surface area contributed by atoms with E-state index in [0.29, 0.717) is 139 Å². The standard InChI is InChI=1S/C19H19Br4N7O2.C19H21Br2N7O2.C19H23N7O2/c20-9-3-13(27-15(9)22)17(31)25-5-7-1-11-12(30-19(24)29-11)2-8(7)6-26-18(32)14-4-10(21)16(23)28-14;20-11-3-15(23-7-11)17(29)25-5-9-1-13-14(28-19(22)27-13)2-10(9)6-26-18(30)16-4-12(21)8-24-16;20-19-25-15-7-11(9-23-17(27)13-3-1-5-21-13)12(8-16(15)26-19)10-24-18(28)14-4-2-6-22-14/h3-4,7-8,27-28H,1-2,5-6H2,(H,25,31)(H,26,32)(H3,24,29,30);3-4,7-10,23-24H,1-2,5-6H2,(H,25,29)(H,26,30)(H3,22,27,28);1-6,11-12,21-22H,7-10H2,(H,23,27)(H,24,28)(H3,20,25,26). The number of nitrogens with one attached hydrogen (secondary N) is 15. The monoisotopic (exact) mass is 1610 g/mol. The Morgan fingerprint density at radius 2 is 0.678 bits per heavy atom. The van der Waals surface area contributed by atoms with Crippen molar-refractivity contribution in [3.63, 3.8) is 0 Å². The first-order chi connectivity index (χ1) is 43.2. The molecule has 474 valence electrons. The van der Waals surface area contributed by atoms with Crippen molar-refractivity contribution in [2.24, 2.45) is 35.5 Å². The van der Waals surface area contributed by atoms with E-state index in [1.54, 1.807) is 73.3 Å². The van der Waals surface area contributed by atoms with Crippen LogP contribution in [0, 0.1) is 35.5 Å². The molecule has 27 nitrogen and oxygen atoms in total. The van der Waals surface area contributed by atoms with Gasteiger partial charge in [0.05, 0.1) is 35.2 Å². The number of amides is 6. The molecular weight excluding hydrogens is 1550 g/mol. The van der Waals surface area contributed by atoms with E-state index in [9.17, 15) is 28.8 Å². The van der Waals surface area contributed by atoms with E-state index in [-0.39, 0.29) is 71.0 Å². The van der Waals surface area contributed by atoms with Crippen LogP contribution in [0.15, 0.2) is 100 Å². The fraction of sp³-hybridized carbons (Fsp3) is 0.316. The summed E-state index contributed by atoms with van der Waals surface area (Å²) in [6, 6.07) is 13.9. The lowest BCUT2D eigenvalue weighted by molar-refractivity contribution is 0.0911. The Kier molecular flexibility index (Phi) is 21.5. The predicted octanol–water partition coefficient (Wildman–Crippen LogP) is 7.09. The largest absolute Gasteiger partial charge is 0.369 e. The number of nitrogens with two attached hydrogens (primary N) is 3. The molecule has 0 fully saturated rings. The lowest BCUT2D eigenvalue weighted by Gasteiger charge is -2.31. The summed E-state index contributed by atoms with van der Waals surface area (Å²) in [5.74, 6) is 0.820. The first-order valence-corrected chi connectivity index (χ1v) is 33.2. The molecule has 6 atom stereocenters. The summed E-state index contributed by atoms with van der Waals surface area (Å²) in [5, 5.41) is 17.9. The van der Waals surface area contributed by atoms with Crippen molar-refractivity contribution in [2.45, 2.75) is 38.5 Å². The highest BCUT2D eigenvalue weighted by Gasteiger charge is 2.35. The zero-order valence-corrected chi connectivity index (χ0v) is 57.2. The van der Waals surface area contributed by atoms with Gasteiger partial charge in [-0.05, 0) is 218 Å². The van der Waals surface area contributed by atoms with Crippen LogP contribution in [0.2, 0.25) is 0 Å². The van der Waals surface area contributed by atoms with Gasteiger partial charge < -0.3 is 94.0 Å². The molecule has 0 saturated carbocycles. The van der Waals surface area contributed by atoms with Gasteiger partial charge in [0, 0.05) is 90.1 Å². The fourth-order valence-electron chi connectivity index (χ4n) is 11.3. The van der Waals surface area contributed by atoms with Gasteiger partial charge >= 0.3 is 0 Å². The molecule has 0 bridgehead atoms. The number of imidazole rings is 3. The molecule has 0 aromatic carbocycles. The van der Waals surface area contributed by atoms with Gasteiger partial charge in [0.25, 0.3) is 35.4 Å². The number of aromatic amines is 9. The van der Waals surface area contributed by atoms with Gasteiger partial charge in [-0.15, -0.1) is 0 Å². The number of H-pyrrole nitrogens is 9. The normalized spacial score (nSPS) is 18.1. The van der Waals surface area contributed by atoms with E-state index in [1.165, 1.54) is 0 Å². The molecule has 0 aliphatic heterocycles. The van der Waals surface area contributed by atoms with Crippen LogP contribution in [0.3, 0.4) is 0 Å². The Labute approximate surface area is 564 Å². The Morgan fingerprint density at radius 1 is 0.389 bits per heavy atom. The molecule has 12 rings (SSSR count). The van der Waals surface area contributed by atoms with Gasteiger partial charge in [-0.2, -0.15) is 0 Å². The van der Waals surface area contributed by atoms with Gasteiger partial charge in [-0.3, -0.25) is 28.8 Å². The highest BCUT2D eigenvalue weighted by molar-refractivity contribution is 9.13. The number of aromatic nitrogens is 12. The number of rotatable bonds is 18. The first-order valence-electron chi connectivity index (χ1n) is 28.4. The number of nitrogens with zero attached hydrogens (tertiary/aromatic N) is 3. The maximum atomic E-state index is 12.6. The maximum Gasteiger partial charge on any atom is 0.267 e. The Bertz CT molecular complexity index is 3700. The second-order valence-corrected chi connectivity index (χ2v) is 27.1. The minimum atomic E-state index is -0.201. The number of nitrogen functional groups attached to an aromatic ring is 3. The van der Waals surface area contributed by atoms with Crippen LogP contribution in [-0.4, -0.2) is 135 Å². The molecule has 3 aliphatic rings. The second-order valence-electron chi connectivity index (χ2n) is 22.0. The summed E-state index contributed by atoms with van der Waals surface area (Å²) in [6.07, 6.45) is 11.0. The summed E-state index contributed by atoms with van der Waals surface area (Å²) < 4.78 is 4.61. The van der Waals surface area contributed by atoms with Crippen molar-refractivity contribution < 1.29 is 28.8 Å². The number of anilines is 3. The van der Waals surface area contributed by atoms with Gasteiger partial charge in [-0.1, -0.05) is 0 Å². The van der Waals surface area contributed by atoms with Crippen LogP contribution >= 0.6 is 95.6 Å². The number of hydrogen-bond donors (Lipinski definition) is 18. The van der Waals surface area contributed by atoms with Crippen LogP contribution in [-0.2, 0) is 38.5 Å². The molecule has 6 amide bonds. The molecule has 0 spiro atoms. The van der Waals surface area contributed by atoms with Gasteiger partial charge in [-0.25, -0.2) is 15.0 Å². The van der Waals surface area contributed by atoms with Crippen LogP contribution in [0.25, 0.3) is 0 Å². The third kappa shape index (κ3) is 16.7. The molecule has 9 aromatic heterocycles. The summed E-state index contributed by atoms with van der Waals surface area (Å²) in [5.41, 5.74) is 26.2. The summed E-state index contributed by atoms with van der Waals surface area (Å²) in [6.45, 7) is 2.83. The number of hydrogen-bond acceptors (Lipinski definition) is 12. The number of halogens is 6. The van der Waals surface area contributed by atoms with E-state index < -0.39 is 0 Å². The lowest BCUT2D eigenvalue weighted by Crippen LogP contribution is -2.42. The minimum Gasteiger partial charge on any atom is -0.369 e. The molecular formula is C57H63Br6N21O6. The summed E-state index contributed by atoms with van der Waals surface area (Å²) in [4.78, 5) is 115. The molecule has 33 heteroatoms. The van der Waals surface area contributed by atoms with E-state index in [2.05, 4.69) is 187 Å². The van der Waals surface area contributed by atoms with Gasteiger partial charge in [0.1, 0.15) is 34.2 Å². The van der Waals surface area contributed by atoms with E-state index in [4.69, 9.17) is 17.2 Å². The molecule has 3 aliphatic carbocycles. The van der Waals surface area contributed by atoms with Crippen molar-refractivity contribution in [1.82, 2.24) is 91.7 Å². The predicted molar refractivity (Wildman–Crippen MR) is 357 cm³/mol. The van der Waals surface area contributed by atoms with Gasteiger partial charge in [0.2, 0.25) is 0 Å². The second kappa shape index (κ2) is 29.6. The zero-order valence-electron chi connectivity index (χ0n) is 47.7. The van der Waals surface area contributed by atoms with Crippen molar-refractivity contribution in [3.05, 3.63) is 169 Å². The summed E-state index contributed by atoms with van der Waals surface area (Å²) in [7, 11) is 0. The van der Waals surface area contributed by atoms with Gasteiger partial charge in [0.15, 0.2) is 17.8 Å². The van der Waals surface area contributed by atoms with Crippen LogP contribution in [0.5, 0.6) is 0 Å². The van der Waals surface area contributed by atoms with Crippen molar-refractivity contribution in [3.8, 4) is 0 Å². The van der Waals surface area contributed by atoms with Crippen molar-refractivity contribution in [2.75, 3.05) is 56.5 Å². The van der Waals surface area contributed by atoms with E-state index in [1.807, 2.05) is 0 Å². The smallest absolute Gasteiger partial charge is 0.267 e. The first kappa shape index (κ1) is 65.4. The molecule has 0 radical (unpaired) electrons. The molecule has 0 saturated heterocycles. The van der Waals surface area contributed by atoms with E-state index >= 15 is 0 Å². The lowest BCUT2D eigenvalue weighted by atomic mass is 9.79. The Hall–Kier alpha value is -7.59. The minimum absolute atomic E-state index is 0.0819. The highest BCUT2D eigenvalue weighted by Crippen LogP contribution is 2.33. The highest BCUT2D eigenvalue weighted by atomic mass is 79.9. The van der Waals surface area contributed by atoms with Crippen molar-refractivity contribution >= 4 is 149 Å². The zero-order chi connectivity index (χ0) is 63.8.